The molecule has 1 aromatic heterocycles. The second kappa shape index (κ2) is 7.85. The number of hydrogen-bond acceptors (Lipinski definition) is 3. The van der Waals surface area contributed by atoms with Crippen molar-refractivity contribution in [3.63, 3.8) is 0 Å². The van der Waals surface area contributed by atoms with Gasteiger partial charge in [0, 0.05) is 4.88 Å². The Hall–Kier alpha value is -0.380. The van der Waals surface area contributed by atoms with Crippen molar-refractivity contribution in [2.45, 2.75) is 38.7 Å². The molecule has 1 heterocycles. The molecule has 0 aromatic carbocycles. The van der Waals surface area contributed by atoms with Crippen LogP contribution in [0.15, 0.2) is 17.5 Å². The average molecular weight is 227 g/mol. The molecule has 0 fully saturated rings. The first-order chi connectivity index (χ1) is 7.34. The fourth-order valence-electron chi connectivity index (χ4n) is 1.47. The first-order valence-corrected chi connectivity index (χ1v) is 6.64. The maximum absolute atomic E-state index is 9.79. The molecular formula is C12H21NOS. The first-order valence-electron chi connectivity index (χ1n) is 5.76. The van der Waals surface area contributed by atoms with Crippen LogP contribution >= 0.6 is 11.3 Å². The Balaban J connectivity index is 2.00. The lowest BCUT2D eigenvalue weighted by Crippen LogP contribution is -2.17. The highest BCUT2D eigenvalue weighted by atomic mass is 32.1. The molecule has 1 aromatic rings. The van der Waals surface area contributed by atoms with Crippen molar-refractivity contribution in [2.75, 3.05) is 13.1 Å². The summed E-state index contributed by atoms with van der Waals surface area (Å²) in [5, 5.41) is 15.2. The van der Waals surface area contributed by atoms with Gasteiger partial charge in [-0.15, -0.1) is 11.3 Å². The van der Waals surface area contributed by atoms with E-state index < -0.39 is 0 Å². The average Bonchev–Trinajstić information content (AvgIpc) is 2.76. The summed E-state index contributed by atoms with van der Waals surface area (Å²) in [6.07, 6.45) is 4.12. The predicted molar refractivity (Wildman–Crippen MR) is 66.3 cm³/mol. The number of hydrogen-bond donors (Lipinski definition) is 2. The Morgan fingerprint density at radius 3 is 2.87 bits per heavy atom. The molecular weight excluding hydrogens is 206 g/mol. The third-order valence-electron chi connectivity index (χ3n) is 2.41. The van der Waals surface area contributed by atoms with Gasteiger partial charge < -0.3 is 10.4 Å². The van der Waals surface area contributed by atoms with E-state index in [1.807, 2.05) is 17.5 Å². The molecule has 1 rings (SSSR count). The topological polar surface area (TPSA) is 32.3 Å². The molecule has 0 saturated heterocycles. The molecule has 3 heteroatoms. The van der Waals surface area contributed by atoms with Crippen LogP contribution in [0.4, 0.5) is 0 Å². The SMILES string of the molecule is CCCCNCCC[C@H](O)c1cccs1. The summed E-state index contributed by atoms with van der Waals surface area (Å²) in [5.74, 6) is 0. The molecule has 0 bridgehead atoms. The molecule has 0 amide bonds. The van der Waals surface area contributed by atoms with Gasteiger partial charge in [0.1, 0.15) is 0 Å². The van der Waals surface area contributed by atoms with E-state index in [0.29, 0.717) is 0 Å². The van der Waals surface area contributed by atoms with Crippen LogP contribution in [0.25, 0.3) is 0 Å². The lowest BCUT2D eigenvalue weighted by molar-refractivity contribution is 0.168. The highest BCUT2D eigenvalue weighted by Crippen LogP contribution is 2.22. The van der Waals surface area contributed by atoms with Gasteiger partial charge in [0.2, 0.25) is 0 Å². The van der Waals surface area contributed by atoms with E-state index in [1.165, 1.54) is 12.8 Å². The number of thiophene rings is 1. The first kappa shape index (κ1) is 12.7. The summed E-state index contributed by atoms with van der Waals surface area (Å²) >= 11 is 1.63. The van der Waals surface area contributed by atoms with E-state index in [-0.39, 0.29) is 6.10 Å². The zero-order valence-electron chi connectivity index (χ0n) is 9.41. The largest absolute Gasteiger partial charge is 0.388 e. The molecule has 0 spiro atoms. The highest BCUT2D eigenvalue weighted by molar-refractivity contribution is 7.10. The van der Waals surface area contributed by atoms with Crippen LogP contribution in [0.2, 0.25) is 0 Å². The van der Waals surface area contributed by atoms with Gasteiger partial charge in [-0.3, -0.25) is 0 Å². The molecule has 2 N–H and O–H groups in total. The van der Waals surface area contributed by atoms with Crippen molar-refractivity contribution in [1.29, 1.82) is 0 Å². The minimum atomic E-state index is -0.266. The summed E-state index contributed by atoms with van der Waals surface area (Å²) in [4.78, 5) is 1.09. The Morgan fingerprint density at radius 1 is 1.40 bits per heavy atom. The normalized spacial score (nSPS) is 12.9. The Kier molecular flexibility index (Phi) is 6.64. The van der Waals surface area contributed by atoms with E-state index >= 15 is 0 Å². The lowest BCUT2D eigenvalue weighted by Gasteiger charge is -2.08. The smallest absolute Gasteiger partial charge is 0.0882 e. The molecule has 0 saturated carbocycles. The highest BCUT2D eigenvalue weighted by Gasteiger charge is 2.06. The van der Waals surface area contributed by atoms with Crippen molar-refractivity contribution in [2.24, 2.45) is 0 Å². The van der Waals surface area contributed by atoms with Crippen LogP contribution in [-0.4, -0.2) is 18.2 Å². The maximum atomic E-state index is 9.79. The third-order valence-corrected chi connectivity index (χ3v) is 3.38. The van der Waals surface area contributed by atoms with E-state index in [4.69, 9.17) is 0 Å². The van der Waals surface area contributed by atoms with Crippen molar-refractivity contribution >= 4 is 11.3 Å². The van der Waals surface area contributed by atoms with E-state index in [0.717, 1.165) is 30.8 Å². The lowest BCUT2D eigenvalue weighted by atomic mass is 10.1. The number of aliphatic hydroxyl groups excluding tert-OH is 1. The van der Waals surface area contributed by atoms with Crippen molar-refractivity contribution in [3.05, 3.63) is 22.4 Å². The molecule has 0 aliphatic carbocycles. The summed E-state index contributed by atoms with van der Waals surface area (Å²) in [5.41, 5.74) is 0. The summed E-state index contributed by atoms with van der Waals surface area (Å²) in [7, 11) is 0. The van der Waals surface area contributed by atoms with E-state index in [2.05, 4.69) is 12.2 Å². The quantitative estimate of drug-likeness (QED) is 0.669. The fraction of sp³-hybridized carbons (Fsp3) is 0.667. The summed E-state index contributed by atoms with van der Waals surface area (Å²) in [6.45, 7) is 4.32. The van der Waals surface area contributed by atoms with Crippen LogP contribution in [0.5, 0.6) is 0 Å². The molecule has 0 aliphatic heterocycles. The van der Waals surface area contributed by atoms with Gasteiger partial charge in [-0.2, -0.15) is 0 Å². The molecule has 0 unspecified atom stereocenters. The van der Waals surface area contributed by atoms with Crippen molar-refractivity contribution in [3.8, 4) is 0 Å². The molecule has 1 atom stereocenters. The maximum Gasteiger partial charge on any atom is 0.0882 e. The minimum Gasteiger partial charge on any atom is -0.388 e. The van der Waals surface area contributed by atoms with Gasteiger partial charge in [-0.05, 0) is 43.8 Å². The Labute approximate surface area is 96.3 Å². The third kappa shape index (κ3) is 5.30. The Bertz CT molecular complexity index is 236. The van der Waals surface area contributed by atoms with Crippen LogP contribution in [0, 0.1) is 0 Å². The van der Waals surface area contributed by atoms with Gasteiger partial charge in [0.25, 0.3) is 0 Å². The van der Waals surface area contributed by atoms with Crippen LogP contribution in [0.1, 0.15) is 43.6 Å². The number of rotatable bonds is 8. The van der Waals surface area contributed by atoms with Gasteiger partial charge in [0.05, 0.1) is 6.10 Å². The van der Waals surface area contributed by atoms with Gasteiger partial charge in [-0.25, -0.2) is 0 Å². The summed E-state index contributed by atoms with van der Waals surface area (Å²) in [6, 6.07) is 3.99. The van der Waals surface area contributed by atoms with Crippen LogP contribution in [0.3, 0.4) is 0 Å². The second-order valence-electron chi connectivity index (χ2n) is 3.78. The fourth-order valence-corrected chi connectivity index (χ4v) is 2.22. The zero-order valence-corrected chi connectivity index (χ0v) is 10.2. The predicted octanol–water partition coefficient (Wildman–Crippen LogP) is 2.95. The molecule has 15 heavy (non-hydrogen) atoms. The molecule has 86 valence electrons. The van der Waals surface area contributed by atoms with Gasteiger partial charge in [-0.1, -0.05) is 19.4 Å². The van der Waals surface area contributed by atoms with Crippen LogP contribution in [-0.2, 0) is 0 Å². The van der Waals surface area contributed by atoms with Crippen LogP contribution < -0.4 is 5.32 Å². The van der Waals surface area contributed by atoms with E-state index in [1.54, 1.807) is 11.3 Å². The van der Waals surface area contributed by atoms with Gasteiger partial charge in [0.15, 0.2) is 0 Å². The molecule has 0 aliphatic rings. The standard InChI is InChI=1S/C12H21NOS/c1-2-3-8-13-9-4-6-11(14)12-7-5-10-15-12/h5,7,10-11,13-14H,2-4,6,8-9H2,1H3/t11-/m0/s1. The zero-order chi connectivity index (χ0) is 10.9. The second-order valence-corrected chi connectivity index (χ2v) is 4.76. The number of unbranched alkanes of at least 4 members (excludes halogenated alkanes) is 1. The molecule has 2 nitrogen and oxygen atoms in total. The van der Waals surface area contributed by atoms with Crippen molar-refractivity contribution in [1.82, 2.24) is 5.32 Å². The summed E-state index contributed by atoms with van der Waals surface area (Å²) < 4.78 is 0. The number of nitrogens with one attached hydrogen (secondary N) is 1. The van der Waals surface area contributed by atoms with Crippen molar-refractivity contribution < 1.29 is 5.11 Å². The monoisotopic (exact) mass is 227 g/mol. The van der Waals surface area contributed by atoms with E-state index in [9.17, 15) is 5.11 Å². The Morgan fingerprint density at radius 2 is 2.20 bits per heavy atom. The number of aliphatic hydroxyl groups is 1. The van der Waals surface area contributed by atoms with Gasteiger partial charge >= 0.3 is 0 Å². The minimum absolute atomic E-state index is 0.266. The molecule has 0 radical (unpaired) electrons.